The average molecular weight is 331 g/mol. The molecule has 0 aliphatic heterocycles. The van der Waals surface area contributed by atoms with E-state index < -0.39 is 0 Å². The first-order chi connectivity index (χ1) is 9.65. The highest BCUT2D eigenvalue weighted by atomic mass is 79.9. The van der Waals surface area contributed by atoms with Crippen molar-refractivity contribution in [2.24, 2.45) is 0 Å². The van der Waals surface area contributed by atoms with Gasteiger partial charge in [0.2, 0.25) is 5.91 Å². The van der Waals surface area contributed by atoms with Gasteiger partial charge in [-0.3, -0.25) is 4.79 Å². The number of hydrogen-bond acceptors (Lipinski definition) is 2. The summed E-state index contributed by atoms with van der Waals surface area (Å²) in [4.78, 5) is 11.7. The van der Waals surface area contributed by atoms with Crippen molar-refractivity contribution in [1.29, 1.82) is 0 Å². The van der Waals surface area contributed by atoms with Crippen LogP contribution in [0.3, 0.4) is 0 Å². The summed E-state index contributed by atoms with van der Waals surface area (Å²) < 4.78 is 0.986. The number of anilines is 1. The quantitative estimate of drug-likeness (QED) is 0.667. The highest BCUT2D eigenvalue weighted by Gasteiger charge is 2.00. The van der Waals surface area contributed by atoms with E-state index >= 15 is 0 Å². The molecule has 2 aromatic carbocycles. The molecule has 0 saturated carbocycles. The van der Waals surface area contributed by atoms with Crippen molar-refractivity contribution in [2.75, 3.05) is 5.73 Å². The van der Waals surface area contributed by atoms with E-state index in [1.807, 2.05) is 48.5 Å². The molecule has 0 aromatic heterocycles. The van der Waals surface area contributed by atoms with Gasteiger partial charge in [0.05, 0.1) is 0 Å². The Morgan fingerprint density at radius 1 is 1.20 bits per heavy atom. The third-order valence-electron chi connectivity index (χ3n) is 2.75. The first-order valence-corrected chi connectivity index (χ1v) is 6.99. The first kappa shape index (κ1) is 14.3. The number of carbonyl (C=O) groups excluding carboxylic acids is 1. The van der Waals surface area contributed by atoms with Crippen LogP contribution in [0.4, 0.5) is 5.69 Å². The van der Waals surface area contributed by atoms with Crippen LogP contribution in [0.5, 0.6) is 0 Å². The molecule has 2 rings (SSSR count). The first-order valence-electron chi connectivity index (χ1n) is 6.20. The van der Waals surface area contributed by atoms with Crippen molar-refractivity contribution >= 4 is 33.6 Å². The number of hydrogen-bond donors (Lipinski definition) is 2. The van der Waals surface area contributed by atoms with Gasteiger partial charge in [0.15, 0.2) is 0 Å². The summed E-state index contributed by atoms with van der Waals surface area (Å²) in [6.07, 6.45) is 3.25. The zero-order valence-electron chi connectivity index (χ0n) is 10.8. The minimum atomic E-state index is -0.136. The van der Waals surface area contributed by atoms with Gasteiger partial charge < -0.3 is 11.1 Å². The molecule has 3 nitrogen and oxygen atoms in total. The van der Waals surface area contributed by atoms with Crippen LogP contribution in [0, 0.1) is 0 Å². The molecular formula is C16H15BrN2O. The van der Waals surface area contributed by atoms with Crippen LogP contribution >= 0.6 is 15.9 Å². The van der Waals surface area contributed by atoms with E-state index in [1.165, 1.54) is 6.08 Å². The molecule has 0 aliphatic carbocycles. The molecule has 2 aromatic rings. The molecule has 0 spiro atoms. The maximum absolute atomic E-state index is 11.7. The van der Waals surface area contributed by atoms with Crippen LogP contribution < -0.4 is 11.1 Å². The summed E-state index contributed by atoms with van der Waals surface area (Å²) in [5.41, 5.74) is 8.30. The second kappa shape index (κ2) is 6.91. The predicted octanol–water partition coefficient (Wildman–Crippen LogP) is 3.36. The molecule has 0 aliphatic rings. The minimum absolute atomic E-state index is 0.136. The zero-order valence-corrected chi connectivity index (χ0v) is 12.4. The third-order valence-corrected chi connectivity index (χ3v) is 3.52. The fourth-order valence-corrected chi connectivity index (χ4v) is 2.14. The maximum Gasteiger partial charge on any atom is 0.244 e. The predicted molar refractivity (Wildman–Crippen MR) is 85.9 cm³/mol. The molecule has 0 heterocycles. The molecule has 0 saturated heterocycles. The van der Waals surface area contributed by atoms with Crippen molar-refractivity contribution in [3.05, 3.63) is 70.2 Å². The Kier molecular flexibility index (Phi) is 4.96. The Morgan fingerprint density at radius 2 is 2.00 bits per heavy atom. The fraction of sp³-hybridized carbons (Fsp3) is 0.0625. The highest BCUT2D eigenvalue weighted by Crippen LogP contribution is 2.15. The summed E-state index contributed by atoms with van der Waals surface area (Å²) in [7, 11) is 0. The lowest BCUT2D eigenvalue weighted by molar-refractivity contribution is -0.116. The lowest BCUT2D eigenvalue weighted by Crippen LogP contribution is -2.20. The van der Waals surface area contributed by atoms with E-state index in [0.717, 1.165) is 15.6 Å². The molecule has 1 amide bonds. The van der Waals surface area contributed by atoms with Crippen molar-refractivity contribution in [2.45, 2.75) is 6.54 Å². The van der Waals surface area contributed by atoms with Crippen LogP contribution in [0.25, 0.3) is 6.08 Å². The standard InChI is InChI=1S/C16H15BrN2O/c17-15-7-2-1-5-13(15)11-19-16(20)9-8-12-4-3-6-14(18)10-12/h1-10H,11,18H2,(H,19,20)/b9-8+. The molecule has 20 heavy (non-hydrogen) atoms. The number of nitrogen functional groups attached to an aromatic ring is 1. The van der Waals surface area contributed by atoms with Crippen molar-refractivity contribution in [3.8, 4) is 0 Å². The molecule has 3 N–H and O–H groups in total. The molecule has 0 radical (unpaired) electrons. The largest absolute Gasteiger partial charge is 0.399 e. The van der Waals surface area contributed by atoms with E-state index in [-0.39, 0.29) is 5.91 Å². The van der Waals surface area contributed by atoms with Gasteiger partial charge in [-0.1, -0.05) is 46.3 Å². The van der Waals surface area contributed by atoms with Crippen LogP contribution in [-0.2, 0) is 11.3 Å². The van der Waals surface area contributed by atoms with Gasteiger partial charge in [-0.05, 0) is 35.4 Å². The summed E-state index contributed by atoms with van der Waals surface area (Å²) in [5, 5.41) is 2.84. The topological polar surface area (TPSA) is 55.1 Å². The van der Waals surface area contributed by atoms with Gasteiger partial charge in [-0.2, -0.15) is 0 Å². The Balaban J connectivity index is 1.91. The number of benzene rings is 2. The van der Waals surface area contributed by atoms with Gasteiger partial charge in [-0.25, -0.2) is 0 Å². The van der Waals surface area contributed by atoms with Crippen LogP contribution in [0.1, 0.15) is 11.1 Å². The van der Waals surface area contributed by atoms with Gasteiger partial charge >= 0.3 is 0 Å². The monoisotopic (exact) mass is 330 g/mol. The van der Waals surface area contributed by atoms with Crippen molar-refractivity contribution < 1.29 is 4.79 Å². The summed E-state index contributed by atoms with van der Waals surface area (Å²) >= 11 is 3.45. The number of rotatable bonds is 4. The molecule has 0 atom stereocenters. The van der Waals surface area contributed by atoms with E-state index in [2.05, 4.69) is 21.2 Å². The number of amides is 1. The van der Waals surface area contributed by atoms with Gasteiger partial charge in [-0.15, -0.1) is 0 Å². The summed E-state index contributed by atoms with van der Waals surface area (Å²) in [6.45, 7) is 0.488. The molecular weight excluding hydrogens is 316 g/mol. The molecule has 0 bridgehead atoms. The Bertz CT molecular complexity index is 638. The summed E-state index contributed by atoms with van der Waals surface area (Å²) in [5.74, 6) is -0.136. The average Bonchev–Trinajstić information content (AvgIpc) is 2.44. The Hall–Kier alpha value is -2.07. The van der Waals surface area contributed by atoms with E-state index in [9.17, 15) is 4.79 Å². The fourth-order valence-electron chi connectivity index (χ4n) is 1.72. The molecule has 4 heteroatoms. The van der Waals surface area contributed by atoms with Crippen molar-refractivity contribution in [1.82, 2.24) is 5.32 Å². The van der Waals surface area contributed by atoms with E-state index in [1.54, 1.807) is 6.08 Å². The Morgan fingerprint density at radius 3 is 2.75 bits per heavy atom. The maximum atomic E-state index is 11.7. The number of halogens is 1. The van der Waals surface area contributed by atoms with Crippen LogP contribution in [0.15, 0.2) is 59.1 Å². The highest BCUT2D eigenvalue weighted by molar-refractivity contribution is 9.10. The van der Waals surface area contributed by atoms with Crippen LogP contribution in [-0.4, -0.2) is 5.91 Å². The molecule has 0 fully saturated rings. The molecule has 0 unspecified atom stereocenters. The lowest BCUT2D eigenvalue weighted by Gasteiger charge is -2.04. The summed E-state index contributed by atoms with van der Waals surface area (Å²) in [6, 6.07) is 15.2. The van der Waals surface area contributed by atoms with E-state index in [0.29, 0.717) is 12.2 Å². The molecule has 102 valence electrons. The van der Waals surface area contributed by atoms with Gasteiger partial charge in [0, 0.05) is 22.8 Å². The number of carbonyl (C=O) groups is 1. The zero-order chi connectivity index (χ0) is 14.4. The van der Waals surface area contributed by atoms with Crippen LogP contribution in [0.2, 0.25) is 0 Å². The van der Waals surface area contributed by atoms with Gasteiger partial charge in [0.25, 0.3) is 0 Å². The second-order valence-electron chi connectivity index (χ2n) is 4.31. The normalized spacial score (nSPS) is 10.7. The van der Waals surface area contributed by atoms with E-state index in [4.69, 9.17) is 5.73 Å². The van der Waals surface area contributed by atoms with Gasteiger partial charge in [0.1, 0.15) is 0 Å². The smallest absolute Gasteiger partial charge is 0.244 e. The Labute approximate surface area is 126 Å². The second-order valence-corrected chi connectivity index (χ2v) is 5.17. The third kappa shape index (κ3) is 4.24. The minimum Gasteiger partial charge on any atom is -0.399 e. The lowest BCUT2D eigenvalue weighted by atomic mass is 10.2. The SMILES string of the molecule is Nc1cccc(/C=C/C(=O)NCc2ccccc2Br)c1. The number of nitrogens with two attached hydrogens (primary N) is 1. The number of nitrogens with one attached hydrogen (secondary N) is 1. The van der Waals surface area contributed by atoms with Crippen molar-refractivity contribution in [3.63, 3.8) is 0 Å².